The average Bonchev–Trinajstić information content (AvgIpc) is 2.56. The fraction of sp³-hybridized carbons (Fsp3) is 0.176. The maximum atomic E-state index is 12.7. The first-order valence-electron chi connectivity index (χ1n) is 6.91. The summed E-state index contributed by atoms with van der Waals surface area (Å²) in [5.74, 6) is -0.762. The summed E-state index contributed by atoms with van der Waals surface area (Å²) in [6, 6.07) is 10.0. The maximum absolute atomic E-state index is 12.7. The van der Waals surface area contributed by atoms with E-state index in [9.17, 15) is 18.0 Å². The molecule has 2 aromatic rings. The summed E-state index contributed by atoms with van der Waals surface area (Å²) in [5, 5.41) is 8.87. The summed E-state index contributed by atoms with van der Waals surface area (Å²) in [4.78, 5) is 12.1. The lowest BCUT2D eigenvalue weighted by molar-refractivity contribution is -0.137. The molecule has 0 saturated heterocycles. The Labute approximate surface area is 136 Å². The summed E-state index contributed by atoms with van der Waals surface area (Å²) in [5.41, 5.74) is -0.879. The molecule has 24 heavy (non-hydrogen) atoms. The monoisotopic (exact) mass is 335 g/mol. The molecule has 0 unspecified atom stereocenters. The predicted octanol–water partition coefficient (Wildman–Crippen LogP) is 4.19. The molecule has 0 radical (unpaired) electrons. The minimum absolute atomic E-state index is 0.0262. The molecule has 0 atom stereocenters. The van der Waals surface area contributed by atoms with Crippen molar-refractivity contribution in [3.05, 3.63) is 59.2 Å². The van der Waals surface area contributed by atoms with E-state index < -0.39 is 17.7 Å². The number of esters is 1. The molecule has 0 aromatic heterocycles. The highest BCUT2D eigenvalue weighted by Crippen LogP contribution is 2.31. The Morgan fingerprint density at radius 3 is 2.54 bits per heavy atom. The zero-order chi connectivity index (χ0) is 17.7. The van der Waals surface area contributed by atoms with Gasteiger partial charge in [0.1, 0.15) is 0 Å². The summed E-state index contributed by atoms with van der Waals surface area (Å²) < 4.78 is 48.5. The topological polar surface area (TPSA) is 59.3 Å². The molecule has 0 bridgehead atoms. The molecule has 2 aromatic carbocycles. The van der Waals surface area contributed by atoms with Crippen LogP contribution in [0.25, 0.3) is 0 Å². The fourth-order valence-electron chi connectivity index (χ4n) is 1.91. The molecule has 4 nitrogen and oxygen atoms in total. The van der Waals surface area contributed by atoms with Crippen molar-refractivity contribution in [3.63, 3.8) is 0 Å². The van der Waals surface area contributed by atoms with Crippen LogP contribution < -0.4 is 9.47 Å². The van der Waals surface area contributed by atoms with Crippen molar-refractivity contribution < 1.29 is 27.4 Å². The van der Waals surface area contributed by atoms with Crippen molar-refractivity contribution in [2.75, 3.05) is 6.61 Å². The van der Waals surface area contributed by atoms with E-state index in [1.807, 2.05) is 6.07 Å². The van der Waals surface area contributed by atoms with E-state index >= 15 is 0 Å². The van der Waals surface area contributed by atoms with E-state index in [-0.39, 0.29) is 23.7 Å². The molecule has 0 N–H and O–H groups in total. The van der Waals surface area contributed by atoms with Crippen LogP contribution in [0.2, 0.25) is 0 Å². The number of halogens is 3. The largest absolute Gasteiger partial charge is 0.490 e. The number of hydrogen-bond acceptors (Lipinski definition) is 4. The Morgan fingerprint density at radius 2 is 1.92 bits per heavy atom. The lowest BCUT2D eigenvalue weighted by Gasteiger charge is -2.12. The lowest BCUT2D eigenvalue weighted by Crippen LogP contribution is -2.12. The fourth-order valence-corrected chi connectivity index (χ4v) is 1.91. The molecule has 2 rings (SSSR count). The molecule has 0 aliphatic carbocycles. The van der Waals surface area contributed by atoms with E-state index in [1.165, 1.54) is 24.3 Å². The number of benzene rings is 2. The highest BCUT2D eigenvalue weighted by Gasteiger charge is 2.31. The van der Waals surface area contributed by atoms with Gasteiger partial charge in [0.15, 0.2) is 11.5 Å². The van der Waals surface area contributed by atoms with Crippen LogP contribution in [-0.2, 0) is 6.18 Å². The third-order valence-electron chi connectivity index (χ3n) is 3.00. The Hall–Kier alpha value is -3.01. The Morgan fingerprint density at radius 1 is 1.17 bits per heavy atom. The minimum atomic E-state index is -4.55. The highest BCUT2D eigenvalue weighted by molar-refractivity contribution is 5.91. The normalized spacial score (nSPS) is 10.8. The molecule has 0 aliphatic rings. The molecular formula is C17H12F3NO3. The smallest absolute Gasteiger partial charge is 0.416 e. The first kappa shape index (κ1) is 17.3. The van der Waals surface area contributed by atoms with Gasteiger partial charge < -0.3 is 9.47 Å². The molecule has 124 valence electrons. The summed E-state index contributed by atoms with van der Waals surface area (Å²) in [6.45, 7) is 1.97. The molecule has 7 heteroatoms. The van der Waals surface area contributed by atoms with Gasteiger partial charge in [0.25, 0.3) is 0 Å². The van der Waals surface area contributed by atoms with Crippen molar-refractivity contribution in [3.8, 4) is 17.6 Å². The van der Waals surface area contributed by atoms with Crippen LogP contribution in [0, 0.1) is 11.3 Å². The van der Waals surface area contributed by atoms with Crippen LogP contribution in [0.3, 0.4) is 0 Å². The highest BCUT2D eigenvalue weighted by atomic mass is 19.4. The maximum Gasteiger partial charge on any atom is 0.416 e. The molecule has 0 spiro atoms. The first-order valence-corrected chi connectivity index (χ1v) is 6.91. The van der Waals surface area contributed by atoms with Crippen LogP contribution in [0.1, 0.15) is 28.4 Å². The molecule has 0 aliphatic heterocycles. The number of carbonyl (C=O) groups excluding carboxylic acids is 1. The van der Waals surface area contributed by atoms with Gasteiger partial charge in [-0.25, -0.2) is 4.79 Å². The van der Waals surface area contributed by atoms with E-state index in [2.05, 4.69) is 0 Å². The van der Waals surface area contributed by atoms with Gasteiger partial charge >= 0.3 is 12.1 Å². The van der Waals surface area contributed by atoms with Crippen molar-refractivity contribution in [2.24, 2.45) is 0 Å². The van der Waals surface area contributed by atoms with Crippen molar-refractivity contribution in [2.45, 2.75) is 13.1 Å². The first-order chi connectivity index (χ1) is 11.3. The number of hydrogen-bond donors (Lipinski definition) is 0. The van der Waals surface area contributed by atoms with Crippen molar-refractivity contribution in [1.82, 2.24) is 0 Å². The van der Waals surface area contributed by atoms with Gasteiger partial charge in [-0.15, -0.1) is 0 Å². The van der Waals surface area contributed by atoms with Crippen LogP contribution in [0.15, 0.2) is 42.5 Å². The number of carbonyl (C=O) groups is 1. The van der Waals surface area contributed by atoms with Crippen LogP contribution in [-0.4, -0.2) is 12.6 Å². The summed E-state index contributed by atoms with van der Waals surface area (Å²) in [7, 11) is 0. The van der Waals surface area contributed by atoms with Crippen molar-refractivity contribution in [1.29, 1.82) is 5.26 Å². The number of ether oxygens (including phenoxy) is 2. The van der Waals surface area contributed by atoms with E-state index in [0.717, 1.165) is 12.1 Å². The van der Waals surface area contributed by atoms with E-state index in [0.29, 0.717) is 11.6 Å². The molecule has 0 saturated carbocycles. The second-order valence-electron chi connectivity index (χ2n) is 4.67. The lowest BCUT2D eigenvalue weighted by atomic mass is 10.1. The third kappa shape index (κ3) is 4.04. The zero-order valence-corrected chi connectivity index (χ0v) is 12.6. The third-order valence-corrected chi connectivity index (χ3v) is 3.00. The van der Waals surface area contributed by atoms with E-state index in [4.69, 9.17) is 14.7 Å². The predicted molar refractivity (Wildman–Crippen MR) is 78.7 cm³/mol. The minimum Gasteiger partial charge on any atom is -0.490 e. The standard InChI is InChI=1S/C17H12F3NO3/c1-2-23-15-8-11(10-21)6-7-14(15)24-16(22)12-4-3-5-13(9-12)17(18,19)20/h3-9H,2H2,1H3. The zero-order valence-electron chi connectivity index (χ0n) is 12.6. The van der Waals surface area contributed by atoms with Gasteiger partial charge in [0, 0.05) is 6.07 Å². The molecule has 0 fully saturated rings. The molecular weight excluding hydrogens is 323 g/mol. The Kier molecular flexibility index (Phi) is 5.09. The van der Waals surface area contributed by atoms with Gasteiger partial charge in [-0.05, 0) is 37.3 Å². The number of alkyl halides is 3. The second kappa shape index (κ2) is 7.04. The molecule has 0 amide bonds. The number of rotatable bonds is 4. The van der Waals surface area contributed by atoms with Gasteiger partial charge in [-0.1, -0.05) is 6.07 Å². The SMILES string of the molecule is CCOc1cc(C#N)ccc1OC(=O)c1cccc(C(F)(F)F)c1. The van der Waals surface area contributed by atoms with Crippen LogP contribution in [0.4, 0.5) is 13.2 Å². The Bertz CT molecular complexity index is 794. The van der Waals surface area contributed by atoms with Gasteiger partial charge in [-0.2, -0.15) is 18.4 Å². The van der Waals surface area contributed by atoms with Gasteiger partial charge in [0.05, 0.1) is 29.4 Å². The Balaban J connectivity index is 2.29. The van der Waals surface area contributed by atoms with E-state index in [1.54, 1.807) is 6.92 Å². The average molecular weight is 335 g/mol. The van der Waals surface area contributed by atoms with Gasteiger partial charge in [-0.3, -0.25) is 0 Å². The number of nitrogens with zero attached hydrogens (tertiary/aromatic N) is 1. The molecule has 0 heterocycles. The quantitative estimate of drug-likeness (QED) is 0.621. The van der Waals surface area contributed by atoms with Crippen molar-refractivity contribution >= 4 is 5.97 Å². The van der Waals surface area contributed by atoms with Gasteiger partial charge in [0.2, 0.25) is 0 Å². The van der Waals surface area contributed by atoms with Crippen LogP contribution >= 0.6 is 0 Å². The summed E-state index contributed by atoms with van der Waals surface area (Å²) in [6.07, 6.45) is -4.55. The second-order valence-corrected chi connectivity index (χ2v) is 4.67. The van der Waals surface area contributed by atoms with Crippen LogP contribution in [0.5, 0.6) is 11.5 Å². The number of nitriles is 1. The summed E-state index contributed by atoms with van der Waals surface area (Å²) >= 11 is 0.